The second-order valence-corrected chi connectivity index (χ2v) is 7.07. The van der Waals surface area contributed by atoms with Crippen molar-refractivity contribution >= 4 is 22.6 Å². The van der Waals surface area contributed by atoms with Gasteiger partial charge in [-0.05, 0) is 40.1 Å². The van der Waals surface area contributed by atoms with E-state index in [2.05, 4.69) is 0 Å². The van der Waals surface area contributed by atoms with Crippen molar-refractivity contribution in [3.63, 3.8) is 0 Å². The van der Waals surface area contributed by atoms with Crippen LogP contribution in [0.3, 0.4) is 0 Å². The van der Waals surface area contributed by atoms with Gasteiger partial charge in [0.1, 0.15) is 12.3 Å². The van der Waals surface area contributed by atoms with E-state index in [0.29, 0.717) is 11.1 Å². The summed E-state index contributed by atoms with van der Waals surface area (Å²) in [4.78, 5) is 26.2. The van der Waals surface area contributed by atoms with E-state index >= 15 is 0 Å². The van der Waals surface area contributed by atoms with Gasteiger partial charge in [-0.25, -0.2) is 9.18 Å². The number of hydrogen-bond acceptors (Lipinski definition) is 4. The van der Waals surface area contributed by atoms with Gasteiger partial charge < -0.3 is 14.7 Å². The number of alkyl halides is 1. The van der Waals surface area contributed by atoms with Gasteiger partial charge >= 0.3 is 5.97 Å². The number of likely N-dealkylation sites (tertiary alicyclic amines) is 1. The smallest absolute Gasteiger partial charge is 0.337 e. The molecule has 6 heteroatoms. The first kappa shape index (κ1) is 19.1. The molecule has 3 aromatic carbocycles. The van der Waals surface area contributed by atoms with Crippen molar-refractivity contribution in [2.75, 3.05) is 20.2 Å². The van der Waals surface area contributed by atoms with Crippen LogP contribution in [0, 0.1) is 0 Å². The van der Waals surface area contributed by atoms with Gasteiger partial charge in [-0.1, -0.05) is 42.5 Å². The van der Waals surface area contributed by atoms with E-state index in [4.69, 9.17) is 4.74 Å². The fraction of sp³-hybridized carbons (Fsp3) is 0.217. The summed E-state index contributed by atoms with van der Waals surface area (Å²) < 4.78 is 18.5. The SMILES string of the molecule is COC(=O)c1cccc(-c2ccc(C(=O)N3C[C@@H](O)[C@H](F)C3)c3ccccc23)c1. The first-order chi connectivity index (χ1) is 14.0. The molecule has 1 N–H and O–H groups in total. The number of carbonyl (C=O) groups is 2. The summed E-state index contributed by atoms with van der Waals surface area (Å²) in [6, 6.07) is 18.1. The lowest BCUT2D eigenvalue weighted by Crippen LogP contribution is -2.29. The van der Waals surface area contributed by atoms with Crippen molar-refractivity contribution in [3.8, 4) is 11.1 Å². The average Bonchev–Trinajstić information content (AvgIpc) is 3.10. The maximum absolute atomic E-state index is 13.7. The number of halogens is 1. The molecule has 5 nitrogen and oxygen atoms in total. The van der Waals surface area contributed by atoms with Crippen molar-refractivity contribution in [2.24, 2.45) is 0 Å². The molecule has 1 amide bonds. The van der Waals surface area contributed by atoms with Crippen LogP contribution in [0.25, 0.3) is 21.9 Å². The number of rotatable bonds is 3. The second-order valence-electron chi connectivity index (χ2n) is 7.07. The lowest BCUT2D eigenvalue weighted by molar-refractivity contribution is 0.0600. The highest BCUT2D eigenvalue weighted by Gasteiger charge is 2.34. The Labute approximate surface area is 167 Å². The summed E-state index contributed by atoms with van der Waals surface area (Å²) in [5.41, 5.74) is 2.58. The molecule has 4 rings (SSSR count). The van der Waals surface area contributed by atoms with E-state index < -0.39 is 18.2 Å². The zero-order valence-electron chi connectivity index (χ0n) is 15.8. The van der Waals surface area contributed by atoms with E-state index in [1.165, 1.54) is 12.0 Å². The Morgan fingerprint density at radius 3 is 2.48 bits per heavy atom. The molecule has 0 bridgehead atoms. The van der Waals surface area contributed by atoms with Gasteiger partial charge in [-0.3, -0.25) is 4.79 Å². The average molecular weight is 393 g/mol. The Hall–Kier alpha value is -3.25. The first-order valence-corrected chi connectivity index (χ1v) is 9.31. The Kier molecular flexibility index (Phi) is 5.03. The van der Waals surface area contributed by atoms with Crippen molar-refractivity contribution < 1.29 is 23.8 Å². The molecule has 0 unspecified atom stereocenters. The topological polar surface area (TPSA) is 66.8 Å². The number of carbonyl (C=O) groups excluding carboxylic acids is 2. The Morgan fingerprint density at radius 1 is 1.03 bits per heavy atom. The highest BCUT2D eigenvalue weighted by Crippen LogP contribution is 2.32. The standard InChI is InChI=1S/C23H20FNO4/c1-29-23(28)15-6-4-5-14(11-15)16-9-10-19(18-8-3-2-7-17(16)18)22(27)25-12-20(24)21(26)13-25/h2-11,20-21,26H,12-13H2,1H3/t20-,21-/m1/s1. The van der Waals surface area contributed by atoms with Gasteiger partial charge in [0, 0.05) is 12.1 Å². The van der Waals surface area contributed by atoms with Gasteiger partial charge in [-0.2, -0.15) is 0 Å². The van der Waals surface area contributed by atoms with Crippen LogP contribution in [-0.4, -0.2) is 54.4 Å². The molecular weight excluding hydrogens is 373 g/mol. The number of amides is 1. The molecule has 1 saturated heterocycles. The Balaban J connectivity index is 1.79. The molecule has 1 aliphatic heterocycles. The highest BCUT2D eigenvalue weighted by atomic mass is 19.1. The van der Waals surface area contributed by atoms with Crippen LogP contribution in [0.15, 0.2) is 60.7 Å². The van der Waals surface area contributed by atoms with Crippen molar-refractivity contribution in [1.29, 1.82) is 0 Å². The molecule has 0 saturated carbocycles. The lowest BCUT2D eigenvalue weighted by Gasteiger charge is -2.18. The lowest BCUT2D eigenvalue weighted by atomic mass is 9.94. The van der Waals surface area contributed by atoms with E-state index in [1.54, 1.807) is 24.3 Å². The molecule has 2 atom stereocenters. The second kappa shape index (κ2) is 7.64. The summed E-state index contributed by atoms with van der Waals surface area (Å²) in [7, 11) is 1.34. The molecule has 29 heavy (non-hydrogen) atoms. The molecule has 0 aliphatic carbocycles. The quantitative estimate of drug-likeness (QED) is 0.692. The zero-order valence-corrected chi connectivity index (χ0v) is 15.8. The van der Waals surface area contributed by atoms with Crippen LogP contribution >= 0.6 is 0 Å². The summed E-state index contributed by atoms with van der Waals surface area (Å²) in [6.07, 6.45) is -2.57. The number of nitrogens with zero attached hydrogens (tertiary/aromatic N) is 1. The molecule has 1 aliphatic rings. The predicted molar refractivity (Wildman–Crippen MR) is 108 cm³/mol. The van der Waals surface area contributed by atoms with Gasteiger partial charge in [0.05, 0.1) is 19.2 Å². The number of benzene rings is 3. The van der Waals surface area contributed by atoms with Crippen LogP contribution in [-0.2, 0) is 4.74 Å². The molecule has 1 heterocycles. The number of methoxy groups -OCH3 is 1. The number of hydrogen-bond donors (Lipinski definition) is 1. The first-order valence-electron chi connectivity index (χ1n) is 9.31. The van der Waals surface area contributed by atoms with E-state index in [0.717, 1.165) is 21.9 Å². The van der Waals surface area contributed by atoms with E-state index in [-0.39, 0.29) is 19.0 Å². The van der Waals surface area contributed by atoms with Crippen LogP contribution in [0.4, 0.5) is 4.39 Å². The van der Waals surface area contributed by atoms with Crippen LogP contribution in [0.5, 0.6) is 0 Å². The van der Waals surface area contributed by atoms with Gasteiger partial charge in [0.25, 0.3) is 5.91 Å². The molecule has 148 valence electrons. The monoisotopic (exact) mass is 393 g/mol. The minimum Gasteiger partial charge on any atom is -0.465 e. The summed E-state index contributed by atoms with van der Waals surface area (Å²) in [5.74, 6) is -0.730. The maximum atomic E-state index is 13.7. The van der Waals surface area contributed by atoms with Gasteiger partial charge in [0.15, 0.2) is 0 Å². The van der Waals surface area contributed by atoms with Crippen LogP contribution in [0.2, 0.25) is 0 Å². The predicted octanol–water partition coefficient (Wildman–Crippen LogP) is 3.45. The molecule has 0 radical (unpaired) electrons. The number of fused-ring (bicyclic) bond motifs is 1. The number of aliphatic hydroxyl groups excluding tert-OH is 1. The maximum Gasteiger partial charge on any atom is 0.337 e. The van der Waals surface area contributed by atoms with Crippen molar-refractivity contribution in [1.82, 2.24) is 4.90 Å². The zero-order chi connectivity index (χ0) is 20.5. The van der Waals surface area contributed by atoms with Gasteiger partial charge in [-0.15, -0.1) is 0 Å². The largest absolute Gasteiger partial charge is 0.465 e. The van der Waals surface area contributed by atoms with Crippen molar-refractivity contribution in [2.45, 2.75) is 12.3 Å². The normalized spacial score (nSPS) is 18.8. The highest BCUT2D eigenvalue weighted by molar-refractivity contribution is 6.11. The summed E-state index contributed by atoms with van der Waals surface area (Å²) in [5, 5.41) is 11.2. The fourth-order valence-electron chi connectivity index (χ4n) is 3.75. The van der Waals surface area contributed by atoms with Gasteiger partial charge in [0.2, 0.25) is 0 Å². The number of ether oxygens (including phenoxy) is 1. The van der Waals surface area contributed by atoms with Crippen LogP contribution in [0.1, 0.15) is 20.7 Å². The molecule has 0 aromatic heterocycles. The third kappa shape index (κ3) is 3.47. The minimum atomic E-state index is -1.43. The molecule has 0 spiro atoms. The number of esters is 1. The van der Waals surface area contributed by atoms with Crippen molar-refractivity contribution in [3.05, 3.63) is 71.8 Å². The molecule has 3 aromatic rings. The Morgan fingerprint density at radius 2 is 1.79 bits per heavy atom. The summed E-state index contributed by atoms with van der Waals surface area (Å²) in [6.45, 7) is -0.130. The third-order valence-electron chi connectivity index (χ3n) is 5.26. The van der Waals surface area contributed by atoms with E-state index in [9.17, 15) is 19.1 Å². The Bertz CT molecular complexity index is 1090. The number of aliphatic hydroxyl groups is 1. The minimum absolute atomic E-state index is 0.0166. The summed E-state index contributed by atoms with van der Waals surface area (Å²) >= 11 is 0. The van der Waals surface area contributed by atoms with Crippen LogP contribution < -0.4 is 0 Å². The number of β-amino-alcohol motifs (C(OH)–C–C–N with tert-alkyl or cyclic N) is 1. The van der Waals surface area contributed by atoms with E-state index in [1.807, 2.05) is 36.4 Å². The molecule has 1 fully saturated rings. The third-order valence-corrected chi connectivity index (χ3v) is 5.26. The molecular formula is C23H20FNO4. The fourth-order valence-corrected chi connectivity index (χ4v) is 3.75.